The molecule has 0 aliphatic heterocycles. The second kappa shape index (κ2) is 10.0. The highest BCUT2D eigenvalue weighted by molar-refractivity contribution is 5.80. The minimum absolute atomic E-state index is 0.0821. The van der Waals surface area contributed by atoms with Crippen LogP contribution in [0.15, 0.2) is 59.6 Å². The van der Waals surface area contributed by atoms with Crippen LogP contribution in [0.1, 0.15) is 30.9 Å². The van der Waals surface area contributed by atoms with Crippen LogP contribution >= 0.6 is 0 Å². The summed E-state index contributed by atoms with van der Waals surface area (Å²) >= 11 is 0. The first-order valence-electron chi connectivity index (χ1n) is 10.2. The van der Waals surface area contributed by atoms with Crippen molar-refractivity contribution in [1.82, 2.24) is 16.0 Å². The Labute approximate surface area is 171 Å². The Morgan fingerprint density at radius 2 is 1.69 bits per heavy atom. The molecular weight excluding hydrogens is 367 g/mol. The molecule has 29 heavy (non-hydrogen) atoms. The van der Waals surface area contributed by atoms with Gasteiger partial charge >= 0.3 is 0 Å². The quantitative estimate of drug-likeness (QED) is 0.347. The number of guanidine groups is 1. The summed E-state index contributed by atoms with van der Waals surface area (Å²) in [5.74, 6) is 0.387. The van der Waals surface area contributed by atoms with Gasteiger partial charge in [-0.1, -0.05) is 42.5 Å². The molecule has 2 aromatic carbocycles. The van der Waals surface area contributed by atoms with E-state index in [0.29, 0.717) is 13.1 Å². The van der Waals surface area contributed by atoms with Crippen molar-refractivity contribution in [1.29, 1.82) is 0 Å². The van der Waals surface area contributed by atoms with Crippen LogP contribution in [0.3, 0.4) is 0 Å². The van der Waals surface area contributed by atoms with Gasteiger partial charge in [0, 0.05) is 25.0 Å². The SMILES string of the molecule is CCNC(=NCC1(c2ccccc2)CC1)NCCNC(=O)Cc1ccc(F)cc1. The van der Waals surface area contributed by atoms with E-state index >= 15 is 0 Å². The first-order valence-corrected chi connectivity index (χ1v) is 10.2. The van der Waals surface area contributed by atoms with Gasteiger partial charge in [-0.15, -0.1) is 0 Å². The molecule has 6 heteroatoms. The minimum Gasteiger partial charge on any atom is -0.357 e. The van der Waals surface area contributed by atoms with E-state index in [1.807, 2.05) is 13.0 Å². The van der Waals surface area contributed by atoms with Crippen LogP contribution in [0.25, 0.3) is 0 Å². The Balaban J connectivity index is 1.43. The van der Waals surface area contributed by atoms with Crippen LogP contribution in [-0.2, 0) is 16.6 Å². The van der Waals surface area contributed by atoms with E-state index < -0.39 is 0 Å². The van der Waals surface area contributed by atoms with Gasteiger partial charge in [0.25, 0.3) is 0 Å². The minimum atomic E-state index is -0.297. The van der Waals surface area contributed by atoms with E-state index in [-0.39, 0.29) is 23.6 Å². The number of hydrogen-bond donors (Lipinski definition) is 3. The number of hydrogen-bond acceptors (Lipinski definition) is 2. The third kappa shape index (κ3) is 6.31. The van der Waals surface area contributed by atoms with Gasteiger partial charge in [0.2, 0.25) is 5.91 Å². The lowest BCUT2D eigenvalue weighted by molar-refractivity contribution is -0.120. The molecule has 1 aliphatic carbocycles. The summed E-state index contributed by atoms with van der Waals surface area (Å²) in [6, 6.07) is 16.6. The Hall–Kier alpha value is -2.89. The molecule has 0 radical (unpaired) electrons. The maximum Gasteiger partial charge on any atom is 0.224 e. The molecular formula is C23H29FN4O. The van der Waals surface area contributed by atoms with E-state index in [4.69, 9.17) is 4.99 Å². The average Bonchev–Trinajstić information content (AvgIpc) is 3.53. The summed E-state index contributed by atoms with van der Waals surface area (Å²) in [5.41, 5.74) is 2.32. The van der Waals surface area contributed by atoms with Gasteiger partial charge in [-0.2, -0.15) is 0 Å². The zero-order valence-corrected chi connectivity index (χ0v) is 16.9. The summed E-state index contributed by atoms with van der Waals surface area (Å²) in [5, 5.41) is 9.41. The predicted molar refractivity (Wildman–Crippen MR) is 114 cm³/mol. The molecule has 0 aromatic heterocycles. The van der Waals surface area contributed by atoms with E-state index in [1.54, 1.807) is 12.1 Å². The maximum absolute atomic E-state index is 12.9. The average molecular weight is 397 g/mol. The van der Waals surface area contributed by atoms with Crippen molar-refractivity contribution in [3.63, 3.8) is 0 Å². The Bertz CT molecular complexity index is 817. The number of nitrogens with one attached hydrogen (secondary N) is 3. The molecule has 0 atom stereocenters. The van der Waals surface area contributed by atoms with Gasteiger partial charge in [-0.3, -0.25) is 9.79 Å². The molecule has 0 saturated heterocycles. The van der Waals surface area contributed by atoms with Crippen molar-refractivity contribution >= 4 is 11.9 Å². The molecule has 3 rings (SSSR count). The number of carbonyl (C=O) groups is 1. The summed E-state index contributed by atoms with van der Waals surface area (Å²) in [6.07, 6.45) is 2.58. The molecule has 1 saturated carbocycles. The second-order valence-electron chi connectivity index (χ2n) is 7.42. The van der Waals surface area contributed by atoms with Crippen LogP contribution in [0.2, 0.25) is 0 Å². The topological polar surface area (TPSA) is 65.5 Å². The molecule has 3 N–H and O–H groups in total. The molecule has 0 heterocycles. The summed E-state index contributed by atoms with van der Waals surface area (Å²) in [4.78, 5) is 16.8. The number of rotatable bonds is 9. The highest BCUT2D eigenvalue weighted by atomic mass is 19.1. The molecule has 1 amide bonds. The molecule has 0 unspecified atom stereocenters. The number of carbonyl (C=O) groups excluding carboxylic acids is 1. The summed E-state index contributed by atoms with van der Waals surface area (Å²) in [6.45, 7) is 4.64. The number of amides is 1. The fourth-order valence-electron chi connectivity index (χ4n) is 3.29. The molecule has 5 nitrogen and oxygen atoms in total. The summed E-state index contributed by atoms with van der Waals surface area (Å²) < 4.78 is 12.9. The Morgan fingerprint density at radius 3 is 2.34 bits per heavy atom. The number of nitrogens with zero attached hydrogens (tertiary/aromatic N) is 1. The van der Waals surface area contributed by atoms with Crippen molar-refractivity contribution < 1.29 is 9.18 Å². The van der Waals surface area contributed by atoms with Crippen molar-refractivity contribution in [3.05, 3.63) is 71.5 Å². The maximum atomic E-state index is 12.9. The zero-order chi connectivity index (χ0) is 20.5. The van der Waals surface area contributed by atoms with Crippen LogP contribution in [-0.4, -0.2) is 38.0 Å². The Morgan fingerprint density at radius 1 is 1.00 bits per heavy atom. The van der Waals surface area contributed by atoms with E-state index in [1.165, 1.54) is 30.5 Å². The van der Waals surface area contributed by atoms with Crippen molar-refractivity contribution in [3.8, 4) is 0 Å². The Kier molecular flexibility index (Phi) is 7.22. The smallest absolute Gasteiger partial charge is 0.224 e. The van der Waals surface area contributed by atoms with Crippen molar-refractivity contribution in [2.24, 2.45) is 4.99 Å². The molecule has 1 aliphatic rings. The van der Waals surface area contributed by atoms with Gasteiger partial charge < -0.3 is 16.0 Å². The normalized spacial score (nSPS) is 14.9. The van der Waals surface area contributed by atoms with Crippen LogP contribution < -0.4 is 16.0 Å². The van der Waals surface area contributed by atoms with Crippen LogP contribution in [0.5, 0.6) is 0 Å². The van der Waals surface area contributed by atoms with Gasteiger partial charge in [-0.25, -0.2) is 4.39 Å². The highest BCUT2D eigenvalue weighted by Gasteiger charge is 2.43. The number of aliphatic imine (C=N–C) groups is 1. The van der Waals surface area contributed by atoms with Crippen molar-refractivity contribution in [2.45, 2.75) is 31.6 Å². The van der Waals surface area contributed by atoms with Crippen molar-refractivity contribution in [2.75, 3.05) is 26.2 Å². The third-order valence-electron chi connectivity index (χ3n) is 5.14. The van der Waals surface area contributed by atoms with E-state index in [9.17, 15) is 9.18 Å². The monoisotopic (exact) mass is 396 g/mol. The van der Waals surface area contributed by atoms with E-state index in [2.05, 4.69) is 40.2 Å². The molecule has 2 aromatic rings. The summed E-state index contributed by atoms with van der Waals surface area (Å²) in [7, 11) is 0. The number of benzene rings is 2. The molecule has 1 fully saturated rings. The molecule has 0 spiro atoms. The first kappa shape index (κ1) is 20.8. The van der Waals surface area contributed by atoms with Gasteiger partial charge in [0.15, 0.2) is 5.96 Å². The molecule has 0 bridgehead atoms. The van der Waals surface area contributed by atoms with E-state index in [0.717, 1.165) is 24.6 Å². The lowest BCUT2D eigenvalue weighted by atomic mass is 9.96. The fraction of sp³-hybridized carbons (Fsp3) is 0.391. The van der Waals surface area contributed by atoms with Crippen LogP contribution in [0, 0.1) is 5.82 Å². The molecule has 154 valence electrons. The van der Waals surface area contributed by atoms with Gasteiger partial charge in [-0.05, 0) is 43.0 Å². The predicted octanol–water partition coefficient (Wildman–Crippen LogP) is 2.77. The largest absolute Gasteiger partial charge is 0.357 e. The lowest BCUT2D eigenvalue weighted by Gasteiger charge is -2.16. The van der Waals surface area contributed by atoms with Gasteiger partial charge in [0.1, 0.15) is 5.82 Å². The lowest BCUT2D eigenvalue weighted by Crippen LogP contribution is -2.42. The number of halogens is 1. The second-order valence-corrected chi connectivity index (χ2v) is 7.42. The highest BCUT2D eigenvalue weighted by Crippen LogP contribution is 2.48. The fourth-order valence-corrected chi connectivity index (χ4v) is 3.29. The third-order valence-corrected chi connectivity index (χ3v) is 5.14. The standard InChI is InChI=1S/C23H29FN4O/c1-2-25-22(28-17-23(12-13-23)19-6-4-3-5-7-19)27-15-14-26-21(29)16-18-8-10-20(24)11-9-18/h3-11H,2,12-17H2,1H3,(H,26,29)(H2,25,27,28). The van der Waals surface area contributed by atoms with Gasteiger partial charge in [0.05, 0.1) is 13.0 Å². The van der Waals surface area contributed by atoms with Crippen LogP contribution in [0.4, 0.5) is 4.39 Å². The zero-order valence-electron chi connectivity index (χ0n) is 16.9. The first-order chi connectivity index (χ1) is 14.1.